The minimum Gasteiger partial charge on any atom is -0.370 e. The summed E-state index contributed by atoms with van der Waals surface area (Å²) in [5, 5.41) is 5.74. The van der Waals surface area contributed by atoms with Gasteiger partial charge in [0, 0.05) is 24.1 Å². The average Bonchev–Trinajstić information content (AvgIpc) is 2.38. The predicted octanol–water partition coefficient (Wildman–Crippen LogP) is 2.17. The van der Waals surface area contributed by atoms with Crippen LogP contribution in [0.2, 0.25) is 0 Å². The van der Waals surface area contributed by atoms with E-state index in [4.69, 9.17) is 0 Å². The summed E-state index contributed by atoms with van der Waals surface area (Å²) < 4.78 is 0. The molecule has 2 N–H and O–H groups in total. The molecule has 2 aromatic rings. The van der Waals surface area contributed by atoms with Gasteiger partial charge < -0.3 is 5.32 Å². The Kier molecular flexibility index (Phi) is 4.24. The number of hydrogen-bond acceptors (Lipinski definition) is 5. The lowest BCUT2D eigenvalue weighted by atomic mass is 10.2. The van der Waals surface area contributed by atoms with Gasteiger partial charge in [-0.2, -0.15) is 0 Å². The Hall–Kier alpha value is -2.50. The topological polar surface area (TPSA) is 79.8 Å². The maximum Gasteiger partial charge on any atom is 0.259 e. The van der Waals surface area contributed by atoms with Crippen LogP contribution >= 0.6 is 0 Å². The first-order chi connectivity index (χ1) is 9.58. The van der Waals surface area contributed by atoms with Crippen LogP contribution in [0, 0.1) is 13.8 Å². The van der Waals surface area contributed by atoms with Crippen LogP contribution in [0.3, 0.4) is 0 Å². The van der Waals surface area contributed by atoms with E-state index in [2.05, 4.69) is 25.6 Å². The summed E-state index contributed by atoms with van der Waals surface area (Å²) >= 11 is 0. The maximum absolute atomic E-state index is 12.1. The summed E-state index contributed by atoms with van der Waals surface area (Å²) in [4.78, 5) is 24.5. The minimum absolute atomic E-state index is 0.273. The van der Waals surface area contributed by atoms with Crippen molar-refractivity contribution in [2.45, 2.75) is 20.8 Å². The molecular weight excluding hydrogens is 254 g/mol. The Labute approximate surface area is 117 Å². The number of hydrogen-bond donors (Lipinski definition) is 2. The molecule has 6 heteroatoms. The second kappa shape index (κ2) is 6.10. The summed E-state index contributed by atoms with van der Waals surface area (Å²) in [5.41, 5.74) is 2.09. The highest BCUT2D eigenvalue weighted by Gasteiger charge is 2.09. The van der Waals surface area contributed by atoms with E-state index >= 15 is 0 Å². The molecular formula is C14H17N5O. The molecule has 0 fully saturated rings. The van der Waals surface area contributed by atoms with Gasteiger partial charge in [0.25, 0.3) is 5.91 Å². The molecule has 1 amide bonds. The fourth-order valence-corrected chi connectivity index (χ4v) is 1.77. The number of rotatable bonds is 4. The number of carbonyl (C=O) groups excluding carboxylic acids is 1. The molecule has 0 bridgehead atoms. The fraction of sp³-hybridized carbons (Fsp3) is 0.286. The number of nitrogens with zero attached hydrogens (tertiary/aromatic N) is 3. The lowest BCUT2D eigenvalue weighted by molar-refractivity contribution is 0.102. The van der Waals surface area contributed by atoms with Gasteiger partial charge in [-0.15, -0.1) is 0 Å². The van der Waals surface area contributed by atoms with Crippen LogP contribution in [0.25, 0.3) is 0 Å². The van der Waals surface area contributed by atoms with Crippen LogP contribution in [0.5, 0.6) is 0 Å². The zero-order chi connectivity index (χ0) is 14.5. The Morgan fingerprint density at radius 1 is 1.20 bits per heavy atom. The molecule has 2 aromatic heterocycles. The van der Waals surface area contributed by atoms with Crippen LogP contribution in [0.15, 0.2) is 24.4 Å². The third kappa shape index (κ3) is 3.50. The quantitative estimate of drug-likeness (QED) is 0.890. The predicted molar refractivity (Wildman–Crippen MR) is 77.9 cm³/mol. The summed E-state index contributed by atoms with van der Waals surface area (Å²) in [6.07, 6.45) is 1.52. The fourth-order valence-electron chi connectivity index (χ4n) is 1.77. The van der Waals surface area contributed by atoms with Crippen LogP contribution in [-0.4, -0.2) is 27.4 Å². The Morgan fingerprint density at radius 3 is 2.45 bits per heavy atom. The van der Waals surface area contributed by atoms with Gasteiger partial charge in [-0.3, -0.25) is 10.1 Å². The molecule has 0 aromatic carbocycles. The molecule has 0 atom stereocenters. The van der Waals surface area contributed by atoms with Crippen molar-refractivity contribution in [3.05, 3.63) is 41.3 Å². The molecule has 0 saturated heterocycles. The Bertz CT molecular complexity index is 589. The van der Waals surface area contributed by atoms with E-state index < -0.39 is 0 Å². The summed E-state index contributed by atoms with van der Waals surface area (Å²) in [5.74, 6) is 0.778. The van der Waals surface area contributed by atoms with E-state index in [1.165, 1.54) is 6.20 Å². The molecule has 0 aliphatic rings. The average molecular weight is 271 g/mol. The van der Waals surface area contributed by atoms with Crippen molar-refractivity contribution < 1.29 is 4.79 Å². The first-order valence-electron chi connectivity index (χ1n) is 6.42. The van der Waals surface area contributed by atoms with E-state index in [0.29, 0.717) is 11.5 Å². The Balaban J connectivity index is 2.11. The molecule has 6 nitrogen and oxygen atoms in total. The maximum atomic E-state index is 12.1. The lowest BCUT2D eigenvalue weighted by Gasteiger charge is -2.06. The number of carbonyl (C=O) groups is 1. The van der Waals surface area contributed by atoms with E-state index in [9.17, 15) is 4.79 Å². The molecule has 0 aliphatic carbocycles. The zero-order valence-electron chi connectivity index (χ0n) is 11.8. The van der Waals surface area contributed by atoms with Gasteiger partial charge in [-0.05, 0) is 39.0 Å². The van der Waals surface area contributed by atoms with Crippen molar-refractivity contribution in [2.24, 2.45) is 0 Å². The van der Waals surface area contributed by atoms with Crippen LogP contribution in [0.1, 0.15) is 28.7 Å². The molecule has 0 radical (unpaired) electrons. The number of aromatic nitrogens is 3. The number of anilines is 2. The molecule has 0 saturated carbocycles. The van der Waals surface area contributed by atoms with Crippen molar-refractivity contribution >= 4 is 17.7 Å². The van der Waals surface area contributed by atoms with Gasteiger partial charge >= 0.3 is 0 Å². The van der Waals surface area contributed by atoms with Crippen LogP contribution in [0.4, 0.5) is 11.8 Å². The van der Waals surface area contributed by atoms with Gasteiger partial charge in [0.1, 0.15) is 5.82 Å². The van der Waals surface area contributed by atoms with Gasteiger partial charge in [0.2, 0.25) is 5.95 Å². The minimum atomic E-state index is -0.273. The van der Waals surface area contributed by atoms with Gasteiger partial charge in [0.05, 0.1) is 5.56 Å². The van der Waals surface area contributed by atoms with E-state index in [0.717, 1.165) is 23.8 Å². The largest absolute Gasteiger partial charge is 0.370 e. The normalized spacial score (nSPS) is 10.2. The monoisotopic (exact) mass is 271 g/mol. The van der Waals surface area contributed by atoms with Crippen molar-refractivity contribution in [3.63, 3.8) is 0 Å². The summed E-state index contributed by atoms with van der Waals surface area (Å²) in [6.45, 7) is 6.49. The molecule has 104 valence electrons. The highest BCUT2D eigenvalue weighted by Crippen LogP contribution is 2.08. The van der Waals surface area contributed by atoms with Crippen molar-refractivity contribution in [1.29, 1.82) is 0 Å². The van der Waals surface area contributed by atoms with E-state index in [-0.39, 0.29) is 5.91 Å². The van der Waals surface area contributed by atoms with E-state index in [1.54, 1.807) is 12.1 Å². The van der Waals surface area contributed by atoms with Gasteiger partial charge in [-0.25, -0.2) is 15.0 Å². The second-order valence-corrected chi connectivity index (χ2v) is 4.39. The number of nitrogens with one attached hydrogen (secondary N) is 2. The van der Waals surface area contributed by atoms with Crippen LogP contribution in [-0.2, 0) is 0 Å². The molecule has 2 rings (SSSR count). The third-order valence-electron chi connectivity index (χ3n) is 2.59. The molecule has 2 heterocycles. The van der Waals surface area contributed by atoms with Gasteiger partial charge in [-0.1, -0.05) is 0 Å². The van der Waals surface area contributed by atoms with Crippen molar-refractivity contribution in [3.8, 4) is 0 Å². The number of amides is 1. The Morgan fingerprint density at radius 2 is 1.90 bits per heavy atom. The highest BCUT2D eigenvalue weighted by molar-refractivity contribution is 6.03. The van der Waals surface area contributed by atoms with Crippen molar-refractivity contribution in [1.82, 2.24) is 15.0 Å². The number of pyridine rings is 1. The molecule has 0 aliphatic heterocycles. The summed E-state index contributed by atoms with van der Waals surface area (Å²) in [7, 11) is 0. The second-order valence-electron chi connectivity index (χ2n) is 4.39. The van der Waals surface area contributed by atoms with E-state index in [1.807, 2.05) is 26.8 Å². The van der Waals surface area contributed by atoms with Crippen molar-refractivity contribution in [2.75, 3.05) is 17.2 Å². The zero-order valence-corrected chi connectivity index (χ0v) is 11.8. The lowest BCUT2D eigenvalue weighted by Crippen LogP contribution is -2.15. The molecule has 20 heavy (non-hydrogen) atoms. The first-order valence-corrected chi connectivity index (χ1v) is 6.42. The highest BCUT2D eigenvalue weighted by atomic mass is 16.1. The first kappa shape index (κ1) is 13.9. The standard InChI is InChI=1S/C14H17N5O/c1-4-15-12-6-5-11(8-16-12)13(20)19-14-17-9(2)7-10(3)18-14/h5-8H,4H2,1-3H3,(H,15,16)(H,17,18,19,20). The SMILES string of the molecule is CCNc1ccc(C(=O)Nc2nc(C)cc(C)n2)cn1. The number of aryl methyl sites for hydroxylation is 2. The molecule has 0 unspecified atom stereocenters. The summed E-state index contributed by atoms with van der Waals surface area (Å²) in [6, 6.07) is 5.33. The molecule has 0 spiro atoms. The van der Waals surface area contributed by atoms with Crippen LogP contribution < -0.4 is 10.6 Å². The smallest absolute Gasteiger partial charge is 0.259 e. The third-order valence-corrected chi connectivity index (χ3v) is 2.59. The van der Waals surface area contributed by atoms with Gasteiger partial charge in [0.15, 0.2) is 0 Å².